The topological polar surface area (TPSA) is 74.6 Å². The molecule has 0 radical (unpaired) electrons. The number of aromatic nitrogens is 3. The monoisotopic (exact) mass is 281 g/mol. The van der Waals surface area contributed by atoms with E-state index in [0.29, 0.717) is 24.3 Å². The largest absolute Gasteiger partial charge is 0.395 e. The highest BCUT2D eigenvalue weighted by atomic mass is 16.5. The Morgan fingerprint density at radius 3 is 2.50 bits per heavy atom. The lowest BCUT2D eigenvalue weighted by molar-refractivity contribution is 0.116. The number of nitrogens with zero attached hydrogens (tertiary/aromatic N) is 5. The highest BCUT2D eigenvalue weighted by molar-refractivity contribution is 5.39. The van der Waals surface area contributed by atoms with Gasteiger partial charge in [0.05, 0.1) is 18.8 Å². The average Bonchev–Trinajstić information content (AvgIpc) is 2.81. The predicted octanol–water partition coefficient (Wildman–Crippen LogP) is 0.222. The smallest absolute Gasteiger partial charge is 0.230 e. The Hall–Kier alpha value is -1.47. The molecule has 7 heteroatoms. The molecule has 1 N–H and O–H groups in total. The SMILES string of the molecule is Cc1nc(N(C)C)nc(N(CCO)[C@@H]2CCO[C@@H]2C)n1. The van der Waals surface area contributed by atoms with Gasteiger partial charge in [0.15, 0.2) is 0 Å². The van der Waals surface area contributed by atoms with Crippen LogP contribution in [0.4, 0.5) is 11.9 Å². The van der Waals surface area contributed by atoms with Crippen LogP contribution >= 0.6 is 0 Å². The van der Waals surface area contributed by atoms with Gasteiger partial charge in [-0.1, -0.05) is 0 Å². The maximum Gasteiger partial charge on any atom is 0.230 e. The summed E-state index contributed by atoms with van der Waals surface area (Å²) in [7, 11) is 3.80. The second-order valence-electron chi connectivity index (χ2n) is 5.23. The van der Waals surface area contributed by atoms with Crippen molar-refractivity contribution in [2.45, 2.75) is 32.4 Å². The van der Waals surface area contributed by atoms with Crippen LogP contribution in [0.3, 0.4) is 0 Å². The first kappa shape index (κ1) is 14.9. The summed E-state index contributed by atoms with van der Waals surface area (Å²) in [6.07, 6.45) is 1.03. The summed E-state index contributed by atoms with van der Waals surface area (Å²) in [5.74, 6) is 1.91. The van der Waals surface area contributed by atoms with E-state index in [4.69, 9.17) is 4.74 Å². The van der Waals surface area contributed by atoms with E-state index in [-0.39, 0.29) is 18.8 Å². The molecule has 112 valence electrons. The maximum atomic E-state index is 9.33. The van der Waals surface area contributed by atoms with Crippen LogP contribution in [0.15, 0.2) is 0 Å². The van der Waals surface area contributed by atoms with Gasteiger partial charge in [-0.15, -0.1) is 0 Å². The van der Waals surface area contributed by atoms with Crippen molar-refractivity contribution < 1.29 is 9.84 Å². The number of hydrogen-bond acceptors (Lipinski definition) is 7. The molecule has 0 bridgehead atoms. The van der Waals surface area contributed by atoms with Gasteiger partial charge in [-0.2, -0.15) is 15.0 Å². The van der Waals surface area contributed by atoms with E-state index in [2.05, 4.69) is 15.0 Å². The lowest BCUT2D eigenvalue weighted by atomic mass is 10.1. The maximum absolute atomic E-state index is 9.33. The minimum Gasteiger partial charge on any atom is -0.395 e. The fourth-order valence-corrected chi connectivity index (χ4v) is 2.43. The second-order valence-corrected chi connectivity index (χ2v) is 5.23. The van der Waals surface area contributed by atoms with Crippen molar-refractivity contribution in [3.8, 4) is 0 Å². The zero-order valence-corrected chi connectivity index (χ0v) is 12.6. The van der Waals surface area contributed by atoms with Crippen LogP contribution in [0.5, 0.6) is 0 Å². The molecule has 2 atom stereocenters. The molecule has 1 aliphatic heterocycles. The summed E-state index contributed by atoms with van der Waals surface area (Å²) in [5.41, 5.74) is 0. The van der Waals surface area contributed by atoms with Gasteiger partial charge in [-0.05, 0) is 20.3 Å². The quantitative estimate of drug-likeness (QED) is 0.827. The van der Waals surface area contributed by atoms with Crippen molar-refractivity contribution in [2.24, 2.45) is 0 Å². The number of hydrogen-bond donors (Lipinski definition) is 1. The highest BCUT2D eigenvalue weighted by Crippen LogP contribution is 2.24. The van der Waals surface area contributed by atoms with Crippen LogP contribution in [-0.2, 0) is 4.74 Å². The molecule has 0 aliphatic carbocycles. The Morgan fingerprint density at radius 1 is 1.25 bits per heavy atom. The van der Waals surface area contributed by atoms with Gasteiger partial charge in [-0.25, -0.2) is 0 Å². The first-order valence-electron chi connectivity index (χ1n) is 6.92. The fourth-order valence-electron chi connectivity index (χ4n) is 2.43. The van der Waals surface area contributed by atoms with Crippen molar-refractivity contribution in [3.05, 3.63) is 5.82 Å². The lowest BCUT2D eigenvalue weighted by Crippen LogP contribution is -2.43. The van der Waals surface area contributed by atoms with Gasteiger partial charge >= 0.3 is 0 Å². The Kier molecular flexibility index (Phi) is 4.72. The normalized spacial score (nSPS) is 22.1. The number of aliphatic hydroxyl groups is 1. The Bertz CT molecular complexity index is 454. The molecule has 1 aromatic heterocycles. The molecule has 0 amide bonds. The predicted molar refractivity (Wildman–Crippen MR) is 77.1 cm³/mol. The van der Waals surface area contributed by atoms with E-state index in [1.54, 1.807) is 0 Å². The minimum atomic E-state index is 0.0608. The van der Waals surface area contributed by atoms with E-state index >= 15 is 0 Å². The molecule has 1 aliphatic rings. The molecule has 1 aromatic rings. The van der Waals surface area contributed by atoms with Crippen LogP contribution in [0, 0.1) is 6.92 Å². The summed E-state index contributed by atoms with van der Waals surface area (Å²) in [6.45, 7) is 5.19. The summed E-state index contributed by atoms with van der Waals surface area (Å²) >= 11 is 0. The second kappa shape index (κ2) is 6.32. The zero-order chi connectivity index (χ0) is 14.7. The van der Waals surface area contributed by atoms with Gasteiger partial charge in [0.25, 0.3) is 0 Å². The molecule has 2 rings (SSSR count). The zero-order valence-electron chi connectivity index (χ0n) is 12.6. The van der Waals surface area contributed by atoms with Gasteiger partial charge in [0.2, 0.25) is 11.9 Å². The number of ether oxygens (including phenoxy) is 1. The highest BCUT2D eigenvalue weighted by Gasteiger charge is 2.31. The Morgan fingerprint density at radius 2 is 1.95 bits per heavy atom. The number of aliphatic hydroxyl groups excluding tert-OH is 1. The van der Waals surface area contributed by atoms with Gasteiger partial charge in [0, 0.05) is 27.2 Å². The molecule has 0 spiro atoms. The van der Waals surface area contributed by atoms with Crippen LogP contribution in [0.1, 0.15) is 19.2 Å². The molecule has 1 saturated heterocycles. The molecular formula is C13H23N5O2. The molecule has 0 saturated carbocycles. The first-order chi connectivity index (χ1) is 9.52. The molecule has 1 fully saturated rings. The van der Waals surface area contributed by atoms with E-state index in [1.807, 2.05) is 37.7 Å². The van der Waals surface area contributed by atoms with Crippen molar-refractivity contribution in [1.29, 1.82) is 0 Å². The summed E-state index contributed by atoms with van der Waals surface area (Å²) in [5, 5.41) is 9.33. The van der Waals surface area contributed by atoms with E-state index < -0.39 is 0 Å². The number of anilines is 2. The van der Waals surface area contributed by atoms with Gasteiger partial charge < -0.3 is 19.6 Å². The molecule has 0 unspecified atom stereocenters. The fraction of sp³-hybridized carbons (Fsp3) is 0.769. The Labute approximate surface area is 119 Å². The summed E-state index contributed by atoms with van der Waals surface area (Å²) in [6, 6.07) is 0.193. The number of rotatable bonds is 5. The lowest BCUT2D eigenvalue weighted by Gasteiger charge is -2.30. The summed E-state index contributed by atoms with van der Waals surface area (Å²) in [4.78, 5) is 17.1. The average molecular weight is 281 g/mol. The van der Waals surface area contributed by atoms with E-state index in [0.717, 1.165) is 13.0 Å². The van der Waals surface area contributed by atoms with Crippen molar-refractivity contribution >= 4 is 11.9 Å². The molecule has 2 heterocycles. The van der Waals surface area contributed by atoms with E-state index in [1.165, 1.54) is 0 Å². The molecule has 0 aromatic carbocycles. The van der Waals surface area contributed by atoms with Gasteiger partial charge in [0.1, 0.15) is 5.82 Å². The first-order valence-corrected chi connectivity index (χ1v) is 6.92. The van der Waals surface area contributed by atoms with Crippen molar-refractivity contribution in [3.63, 3.8) is 0 Å². The third-order valence-electron chi connectivity index (χ3n) is 3.46. The summed E-state index contributed by atoms with van der Waals surface area (Å²) < 4.78 is 5.62. The number of aryl methyl sites for hydroxylation is 1. The van der Waals surface area contributed by atoms with Crippen LogP contribution < -0.4 is 9.80 Å². The van der Waals surface area contributed by atoms with Crippen molar-refractivity contribution in [1.82, 2.24) is 15.0 Å². The standard InChI is InChI=1S/C13H23N5O2/c1-9-11(5-8-20-9)18(6-7-19)13-15-10(2)14-12(16-13)17(3)4/h9,11,19H,5-8H2,1-4H3/t9-,11-/m1/s1. The van der Waals surface area contributed by atoms with E-state index in [9.17, 15) is 5.11 Å². The minimum absolute atomic E-state index is 0.0608. The molecule has 7 nitrogen and oxygen atoms in total. The molecule has 20 heavy (non-hydrogen) atoms. The van der Waals surface area contributed by atoms with Crippen LogP contribution in [0.25, 0.3) is 0 Å². The molecular weight excluding hydrogens is 258 g/mol. The van der Waals surface area contributed by atoms with Crippen LogP contribution in [-0.4, -0.2) is 66.1 Å². The van der Waals surface area contributed by atoms with Crippen molar-refractivity contribution in [2.75, 3.05) is 43.7 Å². The van der Waals surface area contributed by atoms with Crippen LogP contribution in [0.2, 0.25) is 0 Å². The third kappa shape index (κ3) is 3.16. The van der Waals surface area contributed by atoms with Gasteiger partial charge in [-0.3, -0.25) is 0 Å². The Balaban J connectivity index is 2.33. The third-order valence-corrected chi connectivity index (χ3v) is 3.46.